The Bertz CT molecular complexity index is 311. The van der Waals surface area contributed by atoms with Crippen LogP contribution in [-0.4, -0.2) is 47.8 Å². The Balaban J connectivity index is 4.67. The molecule has 2 atom stereocenters. The molecule has 0 aliphatic heterocycles. The van der Waals surface area contributed by atoms with Crippen molar-refractivity contribution in [2.75, 3.05) is 26.2 Å². The third-order valence-electron chi connectivity index (χ3n) is 4.40. The van der Waals surface area contributed by atoms with Gasteiger partial charge in [0, 0.05) is 5.92 Å². The lowest BCUT2D eigenvalue weighted by Gasteiger charge is -2.41. The van der Waals surface area contributed by atoms with E-state index in [1.54, 1.807) is 0 Å². The van der Waals surface area contributed by atoms with E-state index in [-0.39, 0.29) is 0 Å². The first-order chi connectivity index (χ1) is 9.94. The zero-order valence-electron chi connectivity index (χ0n) is 14.2. The second kappa shape index (κ2) is 10.8. The van der Waals surface area contributed by atoms with Crippen molar-refractivity contribution >= 4 is 5.97 Å². The topological polar surface area (TPSA) is 60.4 Å². The lowest BCUT2D eigenvalue weighted by atomic mass is 10.0. The number of aliphatic hydroxyl groups is 1. The molecule has 0 bridgehead atoms. The highest BCUT2D eigenvalue weighted by Gasteiger charge is 2.30. The van der Waals surface area contributed by atoms with Gasteiger partial charge in [-0.05, 0) is 33.1 Å². The highest BCUT2D eigenvalue weighted by molar-refractivity contribution is 5.67. The van der Waals surface area contributed by atoms with Crippen LogP contribution in [0.25, 0.3) is 0 Å². The molecule has 0 radical (unpaired) electrons. The van der Waals surface area contributed by atoms with Gasteiger partial charge in [-0.15, -0.1) is 0 Å². The molecule has 4 nitrogen and oxygen atoms in total. The zero-order chi connectivity index (χ0) is 16.3. The van der Waals surface area contributed by atoms with Gasteiger partial charge in [-0.25, -0.2) is 0 Å². The van der Waals surface area contributed by atoms with Crippen molar-refractivity contribution in [3.63, 3.8) is 0 Å². The lowest BCUT2D eigenvalue weighted by Crippen LogP contribution is -2.56. The molecule has 1 N–H and O–H groups in total. The second-order valence-corrected chi connectivity index (χ2v) is 5.91. The molecule has 0 aliphatic carbocycles. The summed E-state index contributed by atoms with van der Waals surface area (Å²) in [5, 5.41) is 21.4. The number of likely N-dealkylation sites (N-methyl/N-ethyl adjacent to an activating group) is 1. The van der Waals surface area contributed by atoms with Crippen molar-refractivity contribution in [3.05, 3.63) is 12.2 Å². The van der Waals surface area contributed by atoms with Crippen LogP contribution in [0.2, 0.25) is 0 Å². The van der Waals surface area contributed by atoms with Crippen LogP contribution in [0.4, 0.5) is 0 Å². The van der Waals surface area contributed by atoms with Gasteiger partial charge in [0.2, 0.25) is 0 Å². The van der Waals surface area contributed by atoms with E-state index in [4.69, 9.17) is 0 Å². The molecule has 0 aromatic carbocycles. The van der Waals surface area contributed by atoms with Crippen molar-refractivity contribution in [1.29, 1.82) is 0 Å². The van der Waals surface area contributed by atoms with E-state index in [2.05, 4.69) is 26.8 Å². The maximum Gasteiger partial charge on any atom is 0.106 e. The lowest BCUT2D eigenvalue weighted by molar-refractivity contribution is -0.930. The number of allylic oxidation sites excluding steroid dienone is 1. The Kier molecular flexibility index (Phi) is 10.4. The van der Waals surface area contributed by atoms with Crippen LogP contribution in [0, 0.1) is 5.92 Å². The van der Waals surface area contributed by atoms with Crippen LogP contribution in [0.3, 0.4) is 0 Å². The van der Waals surface area contributed by atoms with Crippen molar-refractivity contribution < 1.29 is 19.5 Å². The monoisotopic (exact) mass is 299 g/mol. The number of nitrogens with zero attached hydrogens (tertiary/aromatic N) is 1. The summed E-state index contributed by atoms with van der Waals surface area (Å²) in [6.07, 6.45) is 7.08. The Morgan fingerprint density at radius 1 is 1.14 bits per heavy atom. The molecule has 0 saturated heterocycles. The van der Waals surface area contributed by atoms with Crippen molar-refractivity contribution in [3.8, 4) is 0 Å². The molecule has 0 rings (SSSR count). The summed E-state index contributed by atoms with van der Waals surface area (Å²) < 4.78 is 0.634. The number of aliphatic hydroxyl groups excluding tert-OH is 1. The largest absolute Gasteiger partial charge is 0.550 e. The van der Waals surface area contributed by atoms with Crippen molar-refractivity contribution in [1.82, 2.24) is 0 Å². The highest BCUT2D eigenvalue weighted by atomic mass is 16.4. The van der Waals surface area contributed by atoms with Gasteiger partial charge in [-0.2, -0.15) is 0 Å². The maximum atomic E-state index is 11.2. The first-order valence-corrected chi connectivity index (χ1v) is 8.33. The summed E-state index contributed by atoms with van der Waals surface area (Å²) in [4.78, 5) is 11.2. The molecule has 2 unspecified atom stereocenters. The van der Waals surface area contributed by atoms with E-state index in [9.17, 15) is 15.0 Å². The van der Waals surface area contributed by atoms with E-state index in [1.807, 2.05) is 13.0 Å². The first-order valence-electron chi connectivity index (χ1n) is 8.33. The summed E-state index contributed by atoms with van der Waals surface area (Å²) in [7, 11) is 0. The molecule has 0 saturated carbocycles. The molecular weight excluding hydrogens is 266 g/mol. The standard InChI is InChI=1S/C17H33NO3/c1-5-9-10-11-12-16(19)14-18(7-3,8-4)13-15(6-2)17(20)21/h10-11,15-16,19H,5-9,12-14H2,1-4H3/b11-10+. The van der Waals surface area contributed by atoms with Gasteiger partial charge in [-0.3, -0.25) is 0 Å². The molecule has 0 spiro atoms. The molecule has 0 amide bonds. The quantitative estimate of drug-likeness (QED) is 0.441. The van der Waals surface area contributed by atoms with E-state index >= 15 is 0 Å². The van der Waals surface area contributed by atoms with Crippen LogP contribution < -0.4 is 5.11 Å². The minimum atomic E-state index is -0.973. The van der Waals surface area contributed by atoms with Crippen LogP contribution in [0.5, 0.6) is 0 Å². The number of aliphatic carboxylic acids is 1. The predicted molar refractivity (Wildman–Crippen MR) is 84.5 cm³/mol. The fourth-order valence-electron chi connectivity index (χ4n) is 2.71. The number of rotatable bonds is 12. The molecule has 21 heavy (non-hydrogen) atoms. The third-order valence-corrected chi connectivity index (χ3v) is 4.40. The van der Waals surface area contributed by atoms with Gasteiger partial charge in [-0.1, -0.05) is 32.4 Å². The SMILES string of the molecule is CCC/C=C/CC(O)C[N+](CC)(CC)CC(CC)C(=O)[O-]. The Hall–Kier alpha value is -0.870. The van der Waals surface area contributed by atoms with Crippen molar-refractivity contribution in [2.45, 2.75) is 59.5 Å². The van der Waals surface area contributed by atoms with Crippen LogP contribution in [0.15, 0.2) is 12.2 Å². The molecule has 124 valence electrons. The molecular formula is C17H33NO3. The summed E-state index contributed by atoms with van der Waals surface area (Å²) in [6, 6.07) is 0. The normalized spacial score (nSPS) is 15.3. The molecule has 4 heteroatoms. The second-order valence-electron chi connectivity index (χ2n) is 5.91. The number of hydrogen-bond donors (Lipinski definition) is 1. The summed E-state index contributed by atoms with van der Waals surface area (Å²) in [5.74, 6) is -1.41. The average Bonchev–Trinajstić information content (AvgIpc) is 2.47. The Labute approximate surface area is 130 Å². The minimum Gasteiger partial charge on any atom is -0.550 e. The Morgan fingerprint density at radius 2 is 1.76 bits per heavy atom. The van der Waals surface area contributed by atoms with Gasteiger partial charge in [0.15, 0.2) is 0 Å². The van der Waals surface area contributed by atoms with Crippen molar-refractivity contribution in [2.24, 2.45) is 5.92 Å². The van der Waals surface area contributed by atoms with E-state index in [0.717, 1.165) is 25.9 Å². The number of carboxylic acids is 1. The molecule has 0 fully saturated rings. The van der Waals surface area contributed by atoms with Gasteiger partial charge >= 0.3 is 0 Å². The van der Waals surface area contributed by atoms with E-state index in [0.29, 0.717) is 30.4 Å². The van der Waals surface area contributed by atoms with Gasteiger partial charge in [0.05, 0.1) is 25.6 Å². The molecule has 0 aromatic heterocycles. The fourth-order valence-corrected chi connectivity index (χ4v) is 2.71. The number of quaternary nitrogens is 1. The molecule has 0 heterocycles. The van der Waals surface area contributed by atoms with Gasteiger partial charge in [0.1, 0.15) is 12.6 Å². The van der Waals surface area contributed by atoms with E-state index < -0.39 is 18.0 Å². The fraction of sp³-hybridized carbons (Fsp3) is 0.824. The smallest absolute Gasteiger partial charge is 0.106 e. The number of carbonyl (C=O) groups excluding carboxylic acids is 1. The summed E-state index contributed by atoms with van der Waals surface area (Å²) in [6.45, 7) is 10.9. The molecule has 0 aliphatic rings. The van der Waals surface area contributed by atoms with E-state index in [1.165, 1.54) is 0 Å². The number of carboxylic acid groups (broad SMARTS) is 1. The average molecular weight is 299 g/mol. The minimum absolute atomic E-state index is 0.419. The van der Waals surface area contributed by atoms with Gasteiger partial charge in [0.25, 0.3) is 0 Å². The number of unbranched alkanes of at least 4 members (excludes halogenated alkanes) is 1. The Morgan fingerprint density at radius 3 is 2.19 bits per heavy atom. The van der Waals surface area contributed by atoms with Crippen LogP contribution in [-0.2, 0) is 4.79 Å². The maximum absolute atomic E-state index is 11.2. The highest BCUT2D eigenvalue weighted by Crippen LogP contribution is 2.16. The summed E-state index contributed by atoms with van der Waals surface area (Å²) in [5.41, 5.74) is 0. The molecule has 0 aromatic rings. The van der Waals surface area contributed by atoms with Crippen LogP contribution >= 0.6 is 0 Å². The predicted octanol–water partition coefficient (Wildman–Crippen LogP) is 1.73. The zero-order valence-corrected chi connectivity index (χ0v) is 14.2. The van der Waals surface area contributed by atoms with Crippen LogP contribution in [0.1, 0.15) is 53.4 Å². The third kappa shape index (κ3) is 7.63. The first kappa shape index (κ1) is 20.1. The van der Waals surface area contributed by atoms with Gasteiger partial charge < -0.3 is 19.5 Å². The number of hydrogen-bond acceptors (Lipinski definition) is 3. The summed E-state index contributed by atoms with van der Waals surface area (Å²) >= 11 is 0. The number of carbonyl (C=O) groups is 1.